The number of nitrogens with one attached hydrogen (secondary N) is 2. The third kappa shape index (κ3) is 7.28. The number of amides is 1. The van der Waals surface area contributed by atoms with E-state index < -0.39 is 0 Å². The second-order valence-electron chi connectivity index (χ2n) is 7.84. The molecule has 1 saturated heterocycles. The molecule has 0 spiro atoms. The van der Waals surface area contributed by atoms with Crippen molar-refractivity contribution >= 4 is 5.91 Å². The Hall–Kier alpha value is -0.570. The predicted octanol–water partition coefficient (Wildman–Crippen LogP) is 3.34. The van der Waals surface area contributed by atoms with Crippen LogP contribution in [0.2, 0.25) is 0 Å². The van der Waals surface area contributed by atoms with E-state index in [2.05, 4.69) is 45.3 Å². The molecule has 1 aliphatic rings. The average molecular weight is 282 g/mol. The van der Waals surface area contributed by atoms with Crippen molar-refractivity contribution in [2.45, 2.75) is 72.8 Å². The zero-order valence-electron chi connectivity index (χ0n) is 14.1. The van der Waals surface area contributed by atoms with Gasteiger partial charge in [0.05, 0.1) is 0 Å². The Kier molecular flexibility index (Phi) is 7.01. The standard InChI is InChI=1S/C17H34N2O/c1-13(15-7-10-18-11-8-15)12-16(20)19-14(2)6-9-17(3,4)5/h13-15,18H,6-12H2,1-5H3,(H,19,20). The van der Waals surface area contributed by atoms with Crippen LogP contribution in [0.3, 0.4) is 0 Å². The van der Waals surface area contributed by atoms with E-state index >= 15 is 0 Å². The Balaban J connectivity index is 2.24. The highest BCUT2D eigenvalue weighted by Crippen LogP contribution is 2.24. The summed E-state index contributed by atoms with van der Waals surface area (Å²) in [6.07, 6.45) is 5.34. The average Bonchev–Trinajstić information content (AvgIpc) is 2.36. The second kappa shape index (κ2) is 8.02. The zero-order valence-corrected chi connectivity index (χ0v) is 14.1. The molecule has 1 heterocycles. The highest BCUT2D eigenvalue weighted by molar-refractivity contribution is 5.76. The van der Waals surface area contributed by atoms with Gasteiger partial charge >= 0.3 is 0 Å². The second-order valence-corrected chi connectivity index (χ2v) is 7.84. The van der Waals surface area contributed by atoms with Crippen molar-refractivity contribution in [2.75, 3.05) is 13.1 Å². The van der Waals surface area contributed by atoms with E-state index in [-0.39, 0.29) is 5.91 Å². The fourth-order valence-corrected chi connectivity index (χ4v) is 2.93. The lowest BCUT2D eigenvalue weighted by atomic mass is 9.84. The summed E-state index contributed by atoms with van der Waals surface area (Å²) in [4.78, 5) is 12.1. The minimum absolute atomic E-state index is 0.234. The maximum absolute atomic E-state index is 12.1. The molecule has 1 aliphatic heterocycles. The van der Waals surface area contributed by atoms with Crippen molar-refractivity contribution in [1.82, 2.24) is 10.6 Å². The lowest BCUT2D eigenvalue weighted by Gasteiger charge is -2.28. The summed E-state index contributed by atoms with van der Waals surface area (Å²) in [5.41, 5.74) is 0.349. The molecule has 3 heteroatoms. The van der Waals surface area contributed by atoms with Gasteiger partial charge in [0, 0.05) is 12.5 Å². The van der Waals surface area contributed by atoms with Gasteiger partial charge in [-0.15, -0.1) is 0 Å². The molecule has 1 amide bonds. The summed E-state index contributed by atoms with van der Waals surface area (Å²) < 4.78 is 0. The lowest BCUT2D eigenvalue weighted by Crippen LogP contribution is -2.36. The number of rotatable bonds is 6. The van der Waals surface area contributed by atoms with Gasteiger partial charge in [-0.05, 0) is 62.9 Å². The largest absolute Gasteiger partial charge is 0.354 e. The first-order valence-corrected chi connectivity index (χ1v) is 8.28. The fourth-order valence-electron chi connectivity index (χ4n) is 2.93. The highest BCUT2D eigenvalue weighted by atomic mass is 16.1. The highest BCUT2D eigenvalue weighted by Gasteiger charge is 2.22. The summed E-state index contributed by atoms with van der Waals surface area (Å²) in [7, 11) is 0. The first-order valence-electron chi connectivity index (χ1n) is 8.28. The maximum atomic E-state index is 12.1. The third-order valence-corrected chi connectivity index (χ3v) is 4.43. The molecule has 118 valence electrons. The van der Waals surface area contributed by atoms with Crippen LogP contribution in [0.4, 0.5) is 0 Å². The maximum Gasteiger partial charge on any atom is 0.220 e. The normalized spacial score (nSPS) is 20.4. The molecule has 0 aliphatic carbocycles. The molecule has 3 nitrogen and oxygen atoms in total. The Labute approximate surface area is 125 Å². The molecule has 0 radical (unpaired) electrons. The van der Waals surface area contributed by atoms with E-state index in [4.69, 9.17) is 0 Å². The number of carbonyl (C=O) groups excluding carboxylic acids is 1. The van der Waals surface area contributed by atoms with Gasteiger partial charge in [-0.2, -0.15) is 0 Å². The number of piperidine rings is 1. The van der Waals surface area contributed by atoms with Crippen LogP contribution in [0.1, 0.15) is 66.7 Å². The molecular formula is C17H34N2O. The van der Waals surface area contributed by atoms with Crippen LogP contribution in [-0.2, 0) is 4.79 Å². The Morgan fingerprint density at radius 1 is 1.25 bits per heavy atom. The molecule has 0 saturated carbocycles. The topological polar surface area (TPSA) is 41.1 Å². The molecule has 1 fully saturated rings. The van der Waals surface area contributed by atoms with Crippen LogP contribution in [0.15, 0.2) is 0 Å². The van der Waals surface area contributed by atoms with E-state index in [9.17, 15) is 4.79 Å². The molecule has 0 aromatic heterocycles. The van der Waals surface area contributed by atoms with Crippen LogP contribution in [0.5, 0.6) is 0 Å². The smallest absolute Gasteiger partial charge is 0.220 e. The SMILES string of the molecule is CC(CCC(C)(C)C)NC(=O)CC(C)C1CCNCC1. The minimum Gasteiger partial charge on any atom is -0.354 e. The predicted molar refractivity (Wildman–Crippen MR) is 85.7 cm³/mol. The summed E-state index contributed by atoms with van der Waals surface area (Å²) in [6, 6.07) is 0.293. The fraction of sp³-hybridized carbons (Fsp3) is 0.941. The molecule has 0 aromatic rings. The van der Waals surface area contributed by atoms with Gasteiger partial charge in [0.25, 0.3) is 0 Å². The van der Waals surface area contributed by atoms with Crippen LogP contribution in [0, 0.1) is 17.3 Å². The van der Waals surface area contributed by atoms with E-state index in [1.165, 1.54) is 12.8 Å². The van der Waals surface area contributed by atoms with Crippen LogP contribution in [-0.4, -0.2) is 25.0 Å². The van der Waals surface area contributed by atoms with E-state index in [1.54, 1.807) is 0 Å². The third-order valence-electron chi connectivity index (χ3n) is 4.43. The molecule has 0 aromatic carbocycles. The number of hydrogen-bond acceptors (Lipinski definition) is 2. The summed E-state index contributed by atoms with van der Waals surface area (Å²) in [6.45, 7) is 13.3. The van der Waals surface area contributed by atoms with Gasteiger partial charge in [0.1, 0.15) is 0 Å². The van der Waals surface area contributed by atoms with E-state index in [0.29, 0.717) is 29.7 Å². The van der Waals surface area contributed by atoms with Gasteiger partial charge in [-0.3, -0.25) is 4.79 Å². The Morgan fingerprint density at radius 3 is 2.40 bits per heavy atom. The minimum atomic E-state index is 0.234. The first-order chi connectivity index (χ1) is 9.28. The number of carbonyl (C=O) groups is 1. The molecular weight excluding hydrogens is 248 g/mol. The van der Waals surface area contributed by atoms with Gasteiger partial charge in [0.15, 0.2) is 0 Å². The lowest BCUT2D eigenvalue weighted by molar-refractivity contribution is -0.123. The van der Waals surface area contributed by atoms with E-state index in [0.717, 1.165) is 25.9 Å². The van der Waals surface area contributed by atoms with Crippen molar-refractivity contribution in [3.8, 4) is 0 Å². The molecule has 2 unspecified atom stereocenters. The van der Waals surface area contributed by atoms with Crippen molar-refractivity contribution in [3.05, 3.63) is 0 Å². The Bertz CT molecular complexity index is 290. The van der Waals surface area contributed by atoms with Crippen LogP contribution >= 0.6 is 0 Å². The van der Waals surface area contributed by atoms with Crippen molar-refractivity contribution in [3.63, 3.8) is 0 Å². The van der Waals surface area contributed by atoms with Crippen molar-refractivity contribution in [1.29, 1.82) is 0 Å². The monoisotopic (exact) mass is 282 g/mol. The van der Waals surface area contributed by atoms with Gasteiger partial charge < -0.3 is 10.6 Å². The summed E-state index contributed by atoms with van der Waals surface area (Å²) >= 11 is 0. The quantitative estimate of drug-likeness (QED) is 0.784. The Morgan fingerprint density at radius 2 is 1.85 bits per heavy atom. The molecule has 1 rings (SSSR count). The summed E-state index contributed by atoms with van der Waals surface area (Å²) in [5.74, 6) is 1.45. The number of hydrogen-bond donors (Lipinski definition) is 2. The van der Waals surface area contributed by atoms with Crippen molar-refractivity contribution in [2.24, 2.45) is 17.3 Å². The molecule has 0 bridgehead atoms. The molecule has 2 atom stereocenters. The van der Waals surface area contributed by atoms with Gasteiger partial charge in [-0.25, -0.2) is 0 Å². The zero-order chi connectivity index (χ0) is 15.2. The van der Waals surface area contributed by atoms with Gasteiger partial charge in [-0.1, -0.05) is 27.7 Å². The first kappa shape index (κ1) is 17.5. The van der Waals surface area contributed by atoms with Gasteiger partial charge in [0.2, 0.25) is 5.91 Å². The molecule has 20 heavy (non-hydrogen) atoms. The van der Waals surface area contributed by atoms with Crippen molar-refractivity contribution < 1.29 is 4.79 Å². The summed E-state index contributed by atoms with van der Waals surface area (Å²) in [5, 5.41) is 6.55. The van der Waals surface area contributed by atoms with E-state index in [1.807, 2.05) is 0 Å². The van der Waals surface area contributed by atoms with Crippen LogP contribution < -0.4 is 10.6 Å². The molecule has 2 N–H and O–H groups in total. The van der Waals surface area contributed by atoms with Crippen LogP contribution in [0.25, 0.3) is 0 Å².